The molecule has 0 amide bonds. The van der Waals surface area contributed by atoms with Crippen molar-refractivity contribution in [3.63, 3.8) is 0 Å². The number of aryl methyl sites for hydroxylation is 2. The van der Waals surface area contributed by atoms with Crippen molar-refractivity contribution in [1.82, 2.24) is 39.0 Å². The smallest absolute Gasteiger partial charge is 0.634 e. The van der Waals surface area contributed by atoms with Gasteiger partial charge in [0.1, 0.15) is 22.2 Å². The van der Waals surface area contributed by atoms with Crippen LogP contribution in [0.3, 0.4) is 0 Å². The monoisotopic (exact) mass is 812 g/mol. The van der Waals surface area contributed by atoms with Gasteiger partial charge in [-0.15, -0.1) is 0 Å². The van der Waals surface area contributed by atoms with Crippen molar-refractivity contribution >= 4 is 44.0 Å². The van der Waals surface area contributed by atoms with Crippen molar-refractivity contribution in [3.05, 3.63) is 24.0 Å². The first-order chi connectivity index (χ1) is 21.4. The van der Waals surface area contributed by atoms with Gasteiger partial charge in [-0.05, 0) is 32.6 Å². The zero-order valence-electron chi connectivity index (χ0n) is 27.8. The molecule has 2 aliphatic rings. The van der Waals surface area contributed by atoms with E-state index in [-0.39, 0.29) is 156 Å². The molecule has 0 spiro atoms. The largest absolute Gasteiger partial charge is 1.00 e. The second kappa shape index (κ2) is 16.7. The van der Waals surface area contributed by atoms with Crippen LogP contribution in [0.1, 0.15) is 63.0 Å². The van der Waals surface area contributed by atoms with Gasteiger partial charge >= 0.3 is 116 Å². The fourth-order valence-corrected chi connectivity index (χ4v) is 8.59. The Kier molecular flexibility index (Phi) is 14.9. The molecule has 0 bridgehead atoms. The van der Waals surface area contributed by atoms with Crippen molar-refractivity contribution in [1.29, 1.82) is 0 Å². The van der Waals surface area contributed by atoms with E-state index in [0.29, 0.717) is 59.4 Å². The normalized spacial score (nSPS) is 30.2. The van der Waals surface area contributed by atoms with Crippen molar-refractivity contribution in [2.24, 2.45) is 11.8 Å². The van der Waals surface area contributed by atoms with Crippen molar-refractivity contribution < 1.29 is 147 Å². The van der Waals surface area contributed by atoms with E-state index in [9.17, 15) is 30.3 Å². The van der Waals surface area contributed by atoms with E-state index in [0.717, 1.165) is 0 Å². The predicted molar refractivity (Wildman–Crippen MR) is 166 cm³/mol. The van der Waals surface area contributed by atoms with Gasteiger partial charge in [0.25, 0.3) is 0 Å². The van der Waals surface area contributed by atoms with Gasteiger partial charge in [0, 0.05) is 5.92 Å². The number of anilines is 2. The average molecular weight is 814 g/mol. The Bertz CT molecular complexity index is 1680. The average Bonchev–Trinajstić information content (AvgIpc) is 3.74. The van der Waals surface area contributed by atoms with Gasteiger partial charge in [0.05, 0.1) is 55.4 Å². The van der Waals surface area contributed by atoms with Crippen molar-refractivity contribution in [2.75, 3.05) is 24.7 Å². The molecule has 47 heavy (non-hydrogen) atoms. The summed E-state index contributed by atoms with van der Waals surface area (Å²) in [4.78, 5) is 34.9. The van der Waals surface area contributed by atoms with Gasteiger partial charge in [-0.2, -0.15) is 15.5 Å². The fourth-order valence-electron chi connectivity index (χ4n) is 7.56. The molecule has 4 aromatic heterocycles. The molecule has 0 aliphatic heterocycles. The summed E-state index contributed by atoms with van der Waals surface area (Å²) in [7, 11) is -0.281. The Morgan fingerprint density at radius 1 is 0.787 bits per heavy atom. The summed E-state index contributed by atoms with van der Waals surface area (Å²) >= 11 is 0. The summed E-state index contributed by atoms with van der Waals surface area (Å²) in [6, 6.07) is -0.933. The summed E-state index contributed by atoms with van der Waals surface area (Å²) in [5.41, 5.74) is 12.3. The zero-order valence-corrected chi connectivity index (χ0v) is 38.6. The Hall–Kier alpha value is 0.287. The van der Waals surface area contributed by atoms with Gasteiger partial charge in [0.15, 0.2) is 11.3 Å². The predicted octanol–water partition coefficient (Wildman–Crippen LogP) is -6.41. The summed E-state index contributed by atoms with van der Waals surface area (Å²) < 4.78 is 3.45. The molecule has 19 heteroatoms. The minimum atomic E-state index is -1.42. The molecule has 8 atom stereocenters. The molecule has 245 valence electrons. The van der Waals surface area contributed by atoms with Crippen molar-refractivity contribution in [2.45, 2.75) is 88.3 Å². The summed E-state index contributed by atoms with van der Waals surface area (Å²) in [5.74, 6) is -0.307. The van der Waals surface area contributed by atoms with Gasteiger partial charge in [0.2, 0.25) is 11.9 Å². The van der Waals surface area contributed by atoms with E-state index in [1.165, 1.54) is 0 Å². The quantitative estimate of drug-likeness (QED) is 0.0808. The third-order valence-corrected chi connectivity index (χ3v) is 10.7. The molecule has 4 aromatic rings. The SMILES string of the molecule is CC[C@@H]1[C@@H](O)C[C@H](n2cnc3c(C)nc(N)nc32)[C@]1(O)CO.CC[C@@H]1[C@@H]([Si-]O)C[C@H](n2cnc3c(C)nc(N)nc32)[C@]1(O)CO.[Rb+].[Rb+]. The second-order valence-corrected chi connectivity index (χ2v) is 13.1. The van der Waals surface area contributed by atoms with E-state index < -0.39 is 41.9 Å². The van der Waals surface area contributed by atoms with Crippen LogP contribution < -0.4 is 128 Å². The number of aliphatic hydroxyl groups is 5. The maximum Gasteiger partial charge on any atom is 1.00 e. The Morgan fingerprint density at radius 3 is 1.62 bits per heavy atom. The van der Waals surface area contributed by atoms with Gasteiger partial charge in [-0.3, -0.25) is 9.76 Å². The number of hydrogen-bond acceptors (Lipinski definition) is 14. The van der Waals surface area contributed by atoms with Gasteiger partial charge < -0.3 is 50.9 Å². The summed E-state index contributed by atoms with van der Waals surface area (Å²) in [6.45, 7) is 6.61. The van der Waals surface area contributed by atoms with Gasteiger partial charge in [-0.1, -0.05) is 26.7 Å². The molecule has 2 saturated carbocycles. The fraction of sp³-hybridized carbons (Fsp3) is 0.643. The van der Waals surface area contributed by atoms with Crippen LogP contribution in [0.5, 0.6) is 0 Å². The third-order valence-electron chi connectivity index (χ3n) is 9.78. The molecule has 10 N–H and O–H groups in total. The molecule has 4 heterocycles. The maximum absolute atomic E-state index is 11.1. The van der Waals surface area contributed by atoms with E-state index in [2.05, 4.69) is 29.9 Å². The Morgan fingerprint density at radius 2 is 1.21 bits per heavy atom. The van der Waals surface area contributed by atoms with Crippen LogP contribution in [-0.4, -0.2) is 110 Å². The van der Waals surface area contributed by atoms with Gasteiger partial charge in [-0.25, -0.2) is 19.9 Å². The number of nitrogen functional groups attached to an aromatic ring is 2. The van der Waals surface area contributed by atoms with Crippen LogP contribution in [0.2, 0.25) is 5.54 Å². The molecule has 0 unspecified atom stereocenters. The van der Waals surface area contributed by atoms with Crippen LogP contribution in [0.15, 0.2) is 12.7 Å². The van der Waals surface area contributed by atoms with Crippen LogP contribution in [0.4, 0.5) is 11.9 Å². The molecular formula is C28H42N10O6Rb2Si+. The number of nitrogens with zero attached hydrogens (tertiary/aromatic N) is 8. The number of hydrogen-bond donors (Lipinski definition) is 8. The van der Waals surface area contributed by atoms with Crippen LogP contribution in [0, 0.1) is 25.7 Å². The molecular weight excluding hydrogens is 771 g/mol. The maximum atomic E-state index is 11.1. The van der Waals surface area contributed by atoms with Crippen molar-refractivity contribution in [3.8, 4) is 0 Å². The van der Waals surface area contributed by atoms with Crippen LogP contribution >= 0.6 is 0 Å². The molecule has 1 radical (unpaired) electrons. The first-order valence-corrected chi connectivity index (χ1v) is 16.1. The van der Waals surface area contributed by atoms with Crippen LogP contribution in [0.25, 0.3) is 22.3 Å². The van der Waals surface area contributed by atoms with E-state index in [4.69, 9.17) is 11.5 Å². The minimum Gasteiger partial charge on any atom is -0.634 e. The van der Waals surface area contributed by atoms with E-state index >= 15 is 0 Å². The molecule has 16 nitrogen and oxygen atoms in total. The number of aromatic nitrogens is 8. The number of fused-ring (bicyclic) bond motifs is 2. The van der Waals surface area contributed by atoms with E-state index in [1.807, 2.05) is 13.8 Å². The zero-order chi connectivity index (χ0) is 32.8. The first kappa shape index (κ1) is 41.7. The van der Waals surface area contributed by atoms with E-state index in [1.54, 1.807) is 35.6 Å². The first-order valence-electron chi connectivity index (χ1n) is 15.1. The third kappa shape index (κ3) is 7.46. The number of rotatable bonds is 7. The molecule has 0 aromatic carbocycles. The standard InChI is InChI=1S/C14H21N5O3Si.C14H21N5O3.2Rb/c1-3-8-9(23-22)4-10(14(8,21)5-20)19-6-16-11-7(2)17-13(15)18-12(11)19;1-3-8-9(21)4-10(14(8,22)5-20)19-6-16-11-7(2)17-13(15)18-12(11)19;;/h6,8-10,20-22H,3-5H2,1-2H3,(H2,15,17,18);6,8-10,20-22H,3-5H2,1-2H3,(H2,15,17,18);;/q-1;;2*+1/t2*8-,9+,10+,14+;;/m11../s1. The molecule has 2 fully saturated rings. The summed E-state index contributed by atoms with van der Waals surface area (Å²) in [5, 5.41) is 51.9. The number of nitrogens with two attached hydrogens (primary N) is 2. The minimum absolute atomic E-state index is 0. The Balaban J connectivity index is 0.000000245. The second-order valence-electron chi connectivity index (χ2n) is 12.1. The molecule has 0 saturated heterocycles. The molecule has 6 rings (SSSR count). The number of aliphatic hydroxyl groups excluding tert-OH is 3. The topological polar surface area (TPSA) is 261 Å². The Labute approximate surface area is 372 Å². The summed E-state index contributed by atoms with van der Waals surface area (Å²) in [6.07, 6.45) is 4.59. The molecule has 2 aliphatic carbocycles. The van der Waals surface area contributed by atoms with Crippen LogP contribution in [-0.2, 0) is 0 Å². The number of imidazole rings is 2.